The Morgan fingerprint density at radius 1 is 1.09 bits per heavy atom. The molecule has 0 saturated heterocycles. The van der Waals surface area contributed by atoms with Crippen LogP contribution in [-0.4, -0.2) is 35.8 Å². The van der Waals surface area contributed by atoms with Crippen molar-refractivity contribution in [2.24, 2.45) is 11.3 Å². The number of benzene rings is 2. The third-order valence-electron chi connectivity index (χ3n) is 5.58. The Morgan fingerprint density at radius 3 is 2.29 bits per heavy atom. The van der Waals surface area contributed by atoms with Gasteiger partial charge in [0.15, 0.2) is 5.78 Å². The number of hydrogen-bond donors (Lipinski definition) is 1. The molecule has 2 rings (SSSR count). The zero-order valence-corrected chi connectivity index (χ0v) is 20.4. The molecule has 0 aliphatic carbocycles. The molecule has 2 unspecified atom stereocenters. The molecule has 0 heterocycles. The van der Waals surface area contributed by atoms with E-state index in [0.717, 1.165) is 23.5 Å². The van der Waals surface area contributed by atoms with E-state index >= 15 is 0 Å². The number of amides is 2. The molecule has 7 heteroatoms. The molecule has 184 valence electrons. The number of carbonyl (C=O) groups is 3. The zero-order chi connectivity index (χ0) is 25.1. The number of rotatable bonds is 13. The number of carbonyl (C=O) groups excluding carboxylic acids is 3. The molecule has 34 heavy (non-hydrogen) atoms. The van der Waals surface area contributed by atoms with E-state index < -0.39 is 23.2 Å². The first-order valence-corrected chi connectivity index (χ1v) is 11.6. The normalized spacial score (nSPS) is 13.1. The summed E-state index contributed by atoms with van der Waals surface area (Å²) in [6, 6.07) is 13.9. The van der Waals surface area contributed by atoms with Gasteiger partial charge >= 0.3 is 0 Å². The lowest BCUT2D eigenvalue weighted by Gasteiger charge is -2.32. The van der Waals surface area contributed by atoms with Crippen molar-refractivity contribution in [1.29, 1.82) is 0 Å². The van der Waals surface area contributed by atoms with Crippen LogP contribution in [0.1, 0.15) is 62.9 Å². The average molecular weight is 471 g/mol. The van der Waals surface area contributed by atoms with Crippen LogP contribution in [0, 0.1) is 17.2 Å². The van der Waals surface area contributed by atoms with Crippen molar-refractivity contribution in [3.63, 3.8) is 0 Å². The van der Waals surface area contributed by atoms with Crippen LogP contribution in [0.3, 0.4) is 0 Å². The van der Waals surface area contributed by atoms with Gasteiger partial charge in [0.1, 0.15) is 12.4 Å². The first-order valence-electron chi connectivity index (χ1n) is 11.6. The van der Waals surface area contributed by atoms with Gasteiger partial charge in [-0.25, -0.2) is 9.45 Å². The number of hydrogen-bond acceptors (Lipinski definition) is 4. The van der Waals surface area contributed by atoms with Gasteiger partial charge in [-0.15, -0.1) is 0 Å². The summed E-state index contributed by atoms with van der Waals surface area (Å²) < 4.78 is 13.3. The van der Waals surface area contributed by atoms with Gasteiger partial charge in [0.25, 0.3) is 0 Å². The molecule has 2 amide bonds. The van der Waals surface area contributed by atoms with E-state index in [1.165, 1.54) is 24.3 Å². The Hall–Kier alpha value is -3.06. The highest BCUT2D eigenvalue weighted by atomic mass is 19.1. The van der Waals surface area contributed by atoms with Crippen LogP contribution < -0.4 is 5.32 Å². The van der Waals surface area contributed by atoms with Crippen LogP contribution in [0.2, 0.25) is 0 Å². The van der Waals surface area contributed by atoms with Gasteiger partial charge in [-0.2, -0.15) is 0 Å². The summed E-state index contributed by atoms with van der Waals surface area (Å²) in [4.78, 5) is 43.8. The molecule has 0 spiro atoms. The van der Waals surface area contributed by atoms with Crippen LogP contribution in [0.15, 0.2) is 54.6 Å². The molecule has 0 bridgehead atoms. The fourth-order valence-electron chi connectivity index (χ4n) is 3.55. The predicted octanol–water partition coefficient (Wildman–Crippen LogP) is 4.94. The predicted molar refractivity (Wildman–Crippen MR) is 129 cm³/mol. The molecular weight excluding hydrogens is 435 g/mol. The highest BCUT2D eigenvalue weighted by Crippen LogP contribution is 2.24. The van der Waals surface area contributed by atoms with Crippen molar-refractivity contribution in [3.05, 3.63) is 71.5 Å². The summed E-state index contributed by atoms with van der Waals surface area (Å²) in [6.45, 7) is 7.89. The third-order valence-corrected chi connectivity index (χ3v) is 5.58. The third kappa shape index (κ3) is 8.37. The molecular formula is C27H35FN2O4. The molecule has 2 atom stereocenters. The van der Waals surface area contributed by atoms with Crippen molar-refractivity contribution in [1.82, 2.24) is 10.4 Å². The van der Waals surface area contributed by atoms with Gasteiger partial charge in [0.05, 0.1) is 18.5 Å². The number of Topliss-reactive ketones (excluding diaryl/α,β-unsaturated/α-hetero) is 1. The minimum atomic E-state index is -0.815. The van der Waals surface area contributed by atoms with E-state index in [1.807, 2.05) is 58.0 Å². The van der Waals surface area contributed by atoms with E-state index in [-0.39, 0.29) is 24.8 Å². The van der Waals surface area contributed by atoms with Crippen LogP contribution >= 0.6 is 0 Å². The number of nitrogens with one attached hydrogen (secondary N) is 1. The summed E-state index contributed by atoms with van der Waals surface area (Å²) in [6.07, 6.45) is 2.78. The van der Waals surface area contributed by atoms with Crippen LogP contribution in [-0.2, 0) is 21.0 Å². The van der Waals surface area contributed by atoms with Crippen molar-refractivity contribution in [2.45, 2.75) is 59.6 Å². The lowest BCUT2D eigenvalue weighted by Crippen LogP contribution is -2.52. The van der Waals surface area contributed by atoms with Gasteiger partial charge in [-0.1, -0.05) is 70.9 Å². The maximum Gasteiger partial charge on any atom is 0.233 e. The average Bonchev–Trinajstić information content (AvgIpc) is 2.82. The van der Waals surface area contributed by atoms with Gasteiger partial charge in [-0.3, -0.25) is 19.2 Å². The van der Waals surface area contributed by atoms with Crippen molar-refractivity contribution in [3.8, 4) is 0 Å². The molecule has 0 aliphatic rings. The number of nitrogens with zero attached hydrogens (tertiary/aromatic N) is 1. The van der Waals surface area contributed by atoms with E-state index in [1.54, 1.807) is 0 Å². The number of hydroxylamine groups is 2. The molecule has 0 saturated carbocycles. The fourth-order valence-corrected chi connectivity index (χ4v) is 3.55. The Labute approximate surface area is 201 Å². The number of halogens is 1. The summed E-state index contributed by atoms with van der Waals surface area (Å²) in [7, 11) is 0. The van der Waals surface area contributed by atoms with Gasteiger partial charge < -0.3 is 5.32 Å². The summed E-state index contributed by atoms with van der Waals surface area (Å²) in [5.41, 5.74) is 0.652. The van der Waals surface area contributed by atoms with Gasteiger partial charge in [0.2, 0.25) is 12.3 Å². The minimum absolute atomic E-state index is 0.0732. The van der Waals surface area contributed by atoms with E-state index in [4.69, 9.17) is 4.84 Å². The largest absolute Gasteiger partial charge is 0.345 e. The highest BCUT2D eigenvalue weighted by molar-refractivity contribution is 6.02. The second kappa shape index (κ2) is 13.0. The molecule has 2 aromatic carbocycles. The van der Waals surface area contributed by atoms with Crippen molar-refractivity contribution in [2.75, 3.05) is 6.54 Å². The van der Waals surface area contributed by atoms with E-state index in [9.17, 15) is 18.8 Å². The maximum atomic E-state index is 13.3. The van der Waals surface area contributed by atoms with Gasteiger partial charge in [-0.05, 0) is 41.7 Å². The Kier molecular flexibility index (Phi) is 10.4. The van der Waals surface area contributed by atoms with Gasteiger partial charge in [0, 0.05) is 5.56 Å². The van der Waals surface area contributed by atoms with E-state index in [0.29, 0.717) is 18.4 Å². The monoisotopic (exact) mass is 470 g/mol. The Morgan fingerprint density at radius 2 is 1.74 bits per heavy atom. The lowest BCUT2D eigenvalue weighted by molar-refractivity contribution is -0.182. The summed E-state index contributed by atoms with van der Waals surface area (Å²) in [5, 5.41) is 4.04. The first kappa shape index (κ1) is 27.2. The zero-order valence-electron chi connectivity index (χ0n) is 20.4. The van der Waals surface area contributed by atoms with Crippen molar-refractivity contribution >= 4 is 18.1 Å². The molecule has 0 fully saturated rings. The van der Waals surface area contributed by atoms with Crippen LogP contribution in [0.4, 0.5) is 4.39 Å². The molecule has 2 aromatic rings. The Bertz CT molecular complexity index is 926. The molecule has 0 radical (unpaired) electrons. The Balaban J connectivity index is 2.14. The topological polar surface area (TPSA) is 75.7 Å². The quantitative estimate of drug-likeness (QED) is 0.256. The highest BCUT2D eigenvalue weighted by Gasteiger charge is 2.35. The van der Waals surface area contributed by atoms with E-state index in [2.05, 4.69) is 5.32 Å². The molecule has 6 nitrogen and oxygen atoms in total. The van der Waals surface area contributed by atoms with Crippen LogP contribution in [0.5, 0.6) is 0 Å². The maximum absolute atomic E-state index is 13.3. The SMILES string of the molecule is CCCCC(CN(C=O)OCc1ccccc1)C(=O)NC(C(=O)c1ccc(F)cc1)C(C)(C)C. The number of unbranched alkanes of at least 4 members (excludes halogenated alkanes) is 1. The molecule has 1 N–H and O–H groups in total. The van der Waals surface area contributed by atoms with Crippen LogP contribution in [0.25, 0.3) is 0 Å². The summed E-state index contributed by atoms with van der Waals surface area (Å²) in [5.74, 6) is -1.59. The summed E-state index contributed by atoms with van der Waals surface area (Å²) >= 11 is 0. The second-order valence-electron chi connectivity index (χ2n) is 9.48. The minimum Gasteiger partial charge on any atom is -0.345 e. The fraction of sp³-hybridized carbons (Fsp3) is 0.444. The lowest BCUT2D eigenvalue weighted by atomic mass is 9.81. The molecule has 0 aromatic heterocycles. The smallest absolute Gasteiger partial charge is 0.233 e. The number of ketones is 1. The molecule has 0 aliphatic heterocycles. The standard InChI is InChI=1S/C27H35FN2O4/c1-5-6-12-22(17-30(19-31)34-18-20-10-8-7-9-11-20)26(33)29-25(27(2,3)4)24(32)21-13-15-23(28)16-14-21/h7-11,13-16,19,22,25H,5-6,12,17-18H2,1-4H3,(H,29,33). The first-order chi connectivity index (χ1) is 16.2. The second-order valence-corrected chi connectivity index (χ2v) is 9.48. The van der Waals surface area contributed by atoms with Crippen molar-refractivity contribution < 1.29 is 23.6 Å².